The second-order valence-corrected chi connectivity index (χ2v) is 8.77. The fraction of sp³-hybridized carbons (Fsp3) is 0.148. The van der Waals surface area contributed by atoms with Crippen LogP contribution in [0.5, 0.6) is 5.75 Å². The minimum Gasteiger partial charge on any atom is -0.489 e. The average molecular weight is 494 g/mol. The Balaban J connectivity index is 1.19. The zero-order valence-electron chi connectivity index (χ0n) is 20.3. The van der Waals surface area contributed by atoms with Crippen LogP contribution in [0, 0.1) is 6.92 Å². The molecule has 0 radical (unpaired) electrons. The summed E-state index contributed by atoms with van der Waals surface area (Å²) in [6.45, 7) is 2.54. The predicted molar refractivity (Wildman–Crippen MR) is 137 cm³/mol. The smallest absolute Gasteiger partial charge is 0.234 e. The van der Waals surface area contributed by atoms with Gasteiger partial charge in [-0.2, -0.15) is 14.6 Å². The first-order chi connectivity index (χ1) is 18.0. The largest absolute Gasteiger partial charge is 0.489 e. The second kappa shape index (κ2) is 9.23. The van der Waals surface area contributed by atoms with Gasteiger partial charge in [-0.3, -0.25) is 14.8 Å². The molecular formula is C27H23N7O3. The number of aryl methyl sites for hydroxylation is 2. The number of hydrogen-bond donors (Lipinski definition) is 1. The van der Waals surface area contributed by atoms with Crippen molar-refractivity contribution < 1.29 is 13.9 Å². The lowest BCUT2D eigenvalue weighted by molar-refractivity contribution is -0.115. The van der Waals surface area contributed by atoms with Crippen LogP contribution in [0.2, 0.25) is 0 Å². The van der Waals surface area contributed by atoms with E-state index in [0.717, 1.165) is 16.9 Å². The molecule has 37 heavy (non-hydrogen) atoms. The summed E-state index contributed by atoms with van der Waals surface area (Å²) in [5, 5.41) is 12.5. The van der Waals surface area contributed by atoms with Gasteiger partial charge in [0.25, 0.3) is 0 Å². The fourth-order valence-electron chi connectivity index (χ4n) is 4.12. The highest BCUT2D eigenvalue weighted by Crippen LogP contribution is 2.24. The lowest BCUT2D eigenvalue weighted by Crippen LogP contribution is -2.18. The molecule has 0 saturated carbocycles. The van der Waals surface area contributed by atoms with Crippen molar-refractivity contribution in [2.45, 2.75) is 20.0 Å². The monoisotopic (exact) mass is 493 g/mol. The van der Waals surface area contributed by atoms with Gasteiger partial charge in [0, 0.05) is 13.2 Å². The lowest BCUT2D eigenvalue weighted by Gasteiger charge is -2.09. The average Bonchev–Trinajstić information content (AvgIpc) is 3.63. The second-order valence-electron chi connectivity index (χ2n) is 8.77. The van der Waals surface area contributed by atoms with Crippen LogP contribution in [0.15, 0.2) is 77.5 Å². The number of carbonyl (C=O) groups excluding carboxylic acids is 1. The van der Waals surface area contributed by atoms with Crippen LogP contribution in [0.3, 0.4) is 0 Å². The van der Waals surface area contributed by atoms with Crippen LogP contribution in [-0.2, 0) is 24.9 Å². The van der Waals surface area contributed by atoms with Crippen molar-refractivity contribution in [3.05, 3.63) is 89.8 Å². The van der Waals surface area contributed by atoms with Crippen molar-refractivity contribution in [3.8, 4) is 17.3 Å². The predicted octanol–water partition coefficient (Wildman–Crippen LogP) is 4.34. The van der Waals surface area contributed by atoms with Crippen molar-refractivity contribution in [2.24, 2.45) is 7.05 Å². The van der Waals surface area contributed by atoms with E-state index in [-0.39, 0.29) is 18.3 Å². The molecule has 0 saturated heterocycles. The molecular weight excluding hydrogens is 470 g/mol. The summed E-state index contributed by atoms with van der Waals surface area (Å²) in [7, 11) is 1.80. The Labute approximate surface area is 211 Å². The third-order valence-corrected chi connectivity index (χ3v) is 5.84. The number of rotatable bonds is 7. The number of carbonyl (C=O) groups is 1. The molecule has 1 N–H and O–H groups in total. The number of anilines is 1. The van der Waals surface area contributed by atoms with Gasteiger partial charge in [0.15, 0.2) is 17.1 Å². The molecule has 0 spiro atoms. The molecule has 0 unspecified atom stereocenters. The zero-order chi connectivity index (χ0) is 25.4. The Kier molecular flexibility index (Phi) is 5.61. The first-order valence-electron chi connectivity index (χ1n) is 11.7. The molecule has 0 atom stereocenters. The van der Waals surface area contributed by atoms with Gasteiger partial charge < -0.3 is 9.15 Å². The maximum Gasteiger partial charge on any atom is 0.234 e. The molecule has 0 aliphatic rings. The summed E-state index contributed by atoms with van der Waals surface area (Å²) in [5.41, 5.74) is 4.12. The molecule has 10 heteroatoms. The van der Waals surface area contributed by atoms with Crippen molar-refractivity contribution >= 4 is 28.5 Å². The van der Waals surface area contributed by atoms with E-state index in [1.54, 1.807) is 30.1 Å². The standard InChI is InChI=1S/C27H23N7O3/c1-17-5-3-6-19(13-17)16-37-20-10-8-18(9-11-20)14-23(35)28-27-30-24-21(15-33(2)31-24)26-29-25(32-34(26)27)22-7-4-12-36-22/h3-13,15H,14,16H2,1-2H3,(H,28,30,31,35). The van der Waals surface area contributed by atoms with Crippen molar-refractivity contribution in [1.82, 2.24) is 29.4 Å². The van der Waals surface area contributed by atoms with Crippen LogP contribution in [-0.4, -0.2) is 35.3 Å². The summed E-state index contributed by atoms with van der Waals surface area (Å²) in [6.07, 6.45) is 3.52. The Morgan fingerprint density at radius 1 is 1.03 bits per heavy atom. The van der Waals surface area contributed by atoms with E-state index in [0.29, 0.717) is 34.9 Å². The SMILES string of the molecule is Cc1cccc(COc2ccc(CC(=O)Nc3nc4nn(C)cc4c4nc(-c5ccco5)nn34)cc2)c1. The Morgan fingerprint density at radius 3 is 2.68 bits per heavy atom. The van der Waals surface area contributed by atoms with Gasteiger partial charge in [0.1, 0.15) is 12.4 Å². The van der Waals surface area contributed by atoms with E-state index in [9.17, 15) is 4.79 Å². The number of furan rings is 1. The topological polar surface area (TPSA) is 112 Å². The van der Waals surface area contributed by atoms with Crippen LogP contribution in [0.25, 0.3) is 28.3 Å². The molecule has 0 bridgehead atoms. The Morgan fingerprint density at radius 2 is 1.89 bits per heavy atom. The van der Waals surface area contributed by atoms with E-state index < -0.39 is 0 Å². The highest BCUT2D eigenvalue weighted by molar-refractivity contribution is 5.95. The maximum atomic E-state index is 12.9. The maximum absolute atomic E-state index is 12.9. The van der Waals surface area contributed by atoms with Gasteiger partial charge in [-0.25, -0.2) is 4.98 Å². The molecule has 0 aliphatic carbocycles. The lowest BCUT2D eigenvalue weighted by atomic mass is 10.1. The van der Waals surface area contributed by atoms with Gasteiger partial charge in [0.2, 0.25) is 17.7 Å². The van der Waals surface area contributed by atoms with Gasteiger partial charge in [-0.15, -0.1) is 5.10 Å². The van der Waals surface area contributed by atoms with Gasteiger partial charge in [-0.05, 0) is 42.3 Å². The molecule has 4 aromatic heterocycles. The molecule has 2 aromatic carbocycles. The van der Waals surface area contributed by atoms with Crippen LogP contribution in [0.1, 0.15) is 16.7 Å². The third kappa shape index (κ3) is 4.64. The summed E-state index contributed by atoms with van der Waals surface area (Å²) in [5.74, 6) is 1.63. The van der Waals surface area contributed by atoms with Gasteiger partial charge in [-0.1, -0.05) is 42.0 Å². The number of hydrogen-bond acceptors (Lipinski definition) is 7. The Bertz CT molecular complexity index is 1720. The highest BCUT2D eigenvalue weighted by atomic mass is 16.5. The van der Waals surface area contributed by atoms with Crippen LogP contribution in [0.4, 0.5) is 5.95 Å². The van der Waals surface area contributed by atoms with Crippen LogP contribution >= 0.6 is 0 Å². The molecule has 0 fully saturated rings. The number of nitrogens with one attached hydrogen (secondary N) is 1. The fourth-order valence-corrected chi connectivity index (χ4v) is 4.12. The first-order valence-corrected chi connectivity index (χ1v) is 11.7. The molecule has 1 amide bonds. The van der Waals surface area contributed by atoms with E-state index in [2.05, 4.69) is 44.5 Å². The molecule has 6 rings (SSSR count). The number of amides is 1. The molecule has 0 aliphatic heterocycles. The number of ether oxygens (including phenoxy) is 1. The minimum absolute atomic E-state index is 0.154. The summed E-state index contributed by atoms with van der Waals surface area (Å²) < 4.78 is 14.5. The number of aromatic nitrogens is 6. The Hall–Kier alpha value is -4.99. The quantitative estimate of drug-likeness (QED) is 0.352. The normalized spacial score (nSPS) is 11.3. The van der Waals surface area contributed by atoms with E-state index in [4.69, 9.17) is 9.15 Å². The zero-order valence-corrected chi connectivity index (χ0v) is 20.3. The van der Waals surface area contributed by atoms with E-state index in [1.807, 2.05) is 42.6 Å². The summed E-state index contributed by atoms with van der Waals surface area (Å²) in [4.78, 5) is 22.1. The minimum atomic E-state index is -0.243. The summed E-state index contributed by atoms with van der Waals surface area (Å²) >= 11 is 0. The van der Waals surface area contributed by atoms with E-state index >= 15 is 0 Å². The molecule has 4 heterocycles. The highest BCUT2D eigenvalue weighted by Gasteiger charge is 2.19. The third-order valence-electron chi connectivity index (χ3n) is 5.84. The number of nitrogens with zero attached hydrogens (tertiary/aromatic N) is 6. The van der Waals surface area contributed by atoms with Gasteiger partial charge in [0.05, 0.1) is 18.1 Å². The van der Waals surface area contributed by atoms with Crippen molar-refractivity contribution in [1.29, 1.82) is 0 Å². The van der Waals surface area contributed by atoms with E-state index in [1.165, 1.54) is 10.1 Å². The van der Waals surface area contributed by atoms with Crippen LogP contribution < -0.4 is 10.1 Å². The summed E-state index contributed by atoms with van der Waals surface area (Å²) in [6, 6.07) is 19.2. The van der Waals surface area contributed by atoms with Gasteiger partial charge >= 0.3 is 0 Å². The molecule has 10 nitrogen and oxygen atoms in total. The molecule has 184 valence electrons. The number of fused-ring (bicyclic) bond motifs is 3. The van der Waals surface area contributed by atoms with Crippen molar-refractivity contribution in [3.63, 3.8) is 0 Å². The molecule has 6 aromatic rings. The number of benzene rings is 2. The van der Waals surface area contributed by atoms with Crippen molar-refractivity contribution in [2.75, 3.05) is 5.32 Å². The first kappa shape index (κ1) is 22.5.